The molecule has 3 heteroatoms. The van der Waals surface area contributed by atoms with Crippen molar-refractivity contribution in [1.29, 1.82) is 0 Å². The normalized spacial score (nSPS) is 13.1. The molecule has 0 aliphatic carbocycles. The first-order chi connectivity index (χ1) is 8.56. The van der Waals surface area contributed by atoms with Gasteiger partial charge in [0.05, 0.1) is 13.2 Å². The maximum Gasteiger partial charge on any atom is 0.118 e. The van der Waals surface area contributed by atoms with Gasteiger partial charge >= 0.3 is 0 Å². The summed E-state index contributed by atoms with van der Waals surface area (Å²) in [6, 6.07) is 8.53. The van der Waals surface area contributed by atoms with Crippen molar-refractivity contribution in [3.05, 3.63) is 29.8 Å². The molecule has 3 nitrogen and oxygen atoms in total. The Morgan fingerprint density at radius 3 is 2.28 bits per heavy atom. The molecule has 0 fully saturated rings. The fourth-order valence-electron chi connectivity index (χ4n) is 1.82. The predicted molar refractivity (Wildman–Crippen MR) is 74.8 cm³/mol. The second-order valence-electron chi connectivity index (χ2n) is 4.93. The van der Waals surface area contributed by atoms with Crippen LogP contribution in [0, 0.1) is 0 Å². The van der Waals surface area contributed by atoms with Crippen molar-refractivity contribution in [3.63, 3.8) is 0 Å². The van der Waals surface area contributed by atoms with Crippen LogP contribution in [-0.4, -0.2) is 35.8 Å². The van der Waals surface area contributed by atoms with Crippen molar-refractivity contribution >= 4 is 0 Å². The highest BCUT2D eigenvalue weighted by molar-refractivity contribution is 5.27. The Balaban J connectivity index is 2.64. The lowest BCUT2D eigenvalue weighted by Crippen LogP contribution is -2.36. The molecule has 1 aromatic rings. The van der Waals surface area contributed by atoms with Crippen LogP contribution in [0.1, 0.15) is 32.8 Å². The number of aliphatic hydroxyl groups is 1. The zero-order valence-electron chi connectivity index (χ0n) is 11.9. The highest BCUT2D eigenvalue weighted by atomic mass is 16.5. The van der Waals surface area contributed by atoms with Crippen LogP contribution in [0.15, 0.2) is 24.3 Å². The van der Waals surface area contributed by atoms with Crippen LogP contribution < -0.4 is 4.74 Å². The van der Waals surface area contributed by atoms with Gasteiger partial charge in [-0.15, -0.1) is 0 Å². The summed E-state index contributed by atoms with van der Waals surface area (Å²) >= 11 is 0. The molecule has 0 spiro atoms. The van der Waals surface area contributed by atoms with Crippen molar-refractivity contribution in [2.45, 2.75) is 45.9 Å². The van der Waals surface area contributed by atoms with Crippen molar-refractivity contribution in [3.8, 4) is 5.75 Å². The largest absolute Gasteiger partial charge is 0.497 e. The van der Waals surface area contributed by atoms with Gasteiger partial charge in [-0.3, -0.25) is 4.90 Å². The first kappa shape index (κ1) is 15.0. The maximum atomic E-state index is 9.78. The van der Waals surface area contributed by atoms with Crippen LogP contribution in [0.5, 0.6) is 5.75 Å². The Labute approximate surface area is 110 Å². The number of aliphatic hydroxyl groups excluding tert-OH is 1. The van der Waals surface area contributed by atoms with Gasteiger partial charge in [0.15, 0.2) is 0 Å². The van der Waals surface area contributed by atoms with Crippen LogP contribution in [0.4, 0.5) is 0 Å². The smallest absolute Gasteiger partial charge is 0.118 e. The Kier molecular flexibility index (Phi) is 6.16. The monoisotopic (exact) mass is 251 g/mol. The molecule has 1 unspecified atom stereocenters. The number of hydrogen-bond acceptors (Lipinski definition) is 3. The van der Waals surface area contributed by atoms with Gasteiger partial charge in [0.1, 0.15) is 5.75 Å². The molecule has 0 bridgehead atoms. The molecule has 0 saturated heterocycles. The van der Waals surface area contributed by atoms with Gasteiger partial charge in [-0.05, 0) is 38.0 Å². The summed E-state index contributed by atoms with van der Waals surface area (Å²) in [5.74, 6) is 0.878. The zero-order valence-corrected chi connectivity index (χ0v) is 11.9. The Hall–Kier alpha value is -1.06. The number of methoxy groups -OCH3 is 1. The van der Waals surface area contributed by atoms with Crippen LogP contribution in [-0.2, 0) is 6.54 Å². The molecule has 18 heavy (non-hydrogen) atoms. The van der Waals surface area contributed by atoms with E-state index in [1.165, 1.54) is 5.56 Å². The molecule has 0 heterocycles. The van der Waals surface area contributed by atoms with Crippen LogP contribution >= 0.6 is 0 Å². The minimum absolute atomic E-state index is 0.245. The van der Waals surface area contributed by atoms with Crippen LogP contribution in [0.25, 0.3) is 0 Å². The number of benzene rings is 1. The van der Waals surface area contributed by atoms with Gasteiger partial charge < -0.3 is 9.84 Å². The highest BCUT2D eigenvalue weighted by Gasteiger charge is 2.14. The lowest BCUT2D eigenvalue weighted by Gasteiger charge is -2.28. The molecule has 1 atom stereocenters. The molecule has 0 aliphatic rings. The lowest BCUT2D eigenvalue weighted by molar-refractivity contribution is 0.0881. The van der Waals surface area contributed by atoms with Gasteiger partial charge in [0.2, 0.25) is 0 Å². The van der Waals surface area contributed by atoms with E-state index in [0.717, 1.165) is 25.3 Å². The van der Waals surface area contributed by atoms with Crippen LogP contribution in [0.2, 0.25) is 0 Å². The van der Waals surface area contributed by atoms with E-state index in [1.807, 2.05) is 19.1 Å². The summed E-state index contributed by atoms with van der Waals surface area (Å²) in [6.45, 7) is 7.91. The average molecular weight is 251 g/mol. The van der Waals surface area contributed by atoms with Crippen molar-refractivity contribution in [2.75, 3.05) is 13.7 Å². The average Bonchev–Trinajstić information content (AvgIpc) is 2.38. The van der Waals surface area contributed by atoms with E-state index >= 15 is 0 Å². The molecule has 1 N–H and O–H groups in total. The van der Waals surface area contributed by atoms with E-state index in [4.69, 9.17) is 4.74 Å². The standard InChI is InChI=1S/C15H25NO2/c1-5-14(17)11-16(12(2)3)10-13-6-8-15(18-4)9-7-13/h6-9,12,14,17H,5,10-11H2,1-4H3. The van der Waals surface area contributed by atoms with Gasteiger partial charge in [-0.25, -0.2) is 0 Å². The third kappa shape index (κ3) is 4.67. The van der Waals surface area contributed by atoms with Crippen LogP contribution in [0.3, 0.4) is 0 Å². The van der Waals surface area contributed by atoms with Gasteiger partial charge in [0.25, 0.3) is 0 Å². The topological polar surface area (TPSA) is 32.7 Å². The maximum absolute atomic E-state index is 9.78. The number of nitrogens with zero attached hydrogens (tertiary/aromatic N) is 1. The first-order valence-corrected chi connectivity index (χ1v) is 6.61. The number of ether oxygens (including phenoxy) is 1. The van der Waals surface area contributed by atoms with Crippen molar-refractivity contribution < 1.29 is 9.84 Å². The molecule has 1 aromatic carbocycles. The second kappa shape index (κ2) is 7.39. The molecular weight excluding hydrogens is 226 g/mol. The third-order valence-corrected chi connectivity index (χ3v) is 3.19. The fourth-order valence-corrected chi connectivity index (χ4v) is 1.82. The molecule has 0 radical (unpaired) electrons. The second-order valence-corrected chi connectivity index (χ2v) is 4.93. The summed E-state index contributed by atoms with van der Waals surface area (Å²) in [4.78, 5) is 2.29. The fraction of sp³-hybridized carbons (Fsp3) is 0.600. The summed E-state index contributed by atoms with van der Waals surface area (Å²) in [6.07, 6.45) is 0.553. The van der Waals surface area contributed by atoms with E-state index in [1.54, 1.807) is 7.11 Å². The van der Waals surface area contributed by atoms with E-state index < -0.39 is 0 Å². The van der Waals surface area contributed by atoms with E-state index in [9.17, 15) is 5.11 Å². The first-order valence-electron chi connectivity index (χ1n) is 6.61. The van der Waals surface area contributed by atoms with E-state index in [0.29, 0.717) is 6.04 Å². The number of hydrogen-bond donors (Lipinski definition) is 1. The van der Waals surface area contributed by atoms with Gasteiger partial charge in [-0.2, -0.15) is 0 Å². The Morgan fingerprint density at radius 1 is 1.22 bits per heavy atom. The molecule has 0 amide bonds. The summed E-state index contributed by atoms with van der Waals surface area (Å²) in [5.41, 5.74) is 1.24. The minimum atomic E-state index is -0.245. The summed E-state index contributed by atoms with van der Waals surface area (Å²) < 4.78 is 5.15. The highest BCUT2D eigenvalue weighted by Crippen LogP contribution is 2.14. The lowest BCUT2D eigenvalue weighted by atomic mass is 10.1. The number of rotatable bonds is 7. The Bertz CT molecular complexity index is 335. The minimum Gasteiger partial charge on any atom is -0.497 e. The molecule has 0 saturated carbocycles. The molecule has 0 aromatic heterocycles. The molecule has 102 valence electrons. The summed E-state index contributed by atoms with van der Waals surface area (Å²) in [7, 11) is 1.67. The third-order valence-electron chi connectivity index (χ3n) is 3.19. The van der Waals surface area contributed by atoms with Gasteiger partial charge in [0, 0.05) is 19.1 Å². The quantitative estimate of drug-likeness (QED) is 0.808. The van der Waals surface area contributed by atoms with E-state index in [2.05, 4.69) is 30.9 Å². The Morgan fingerprint density at radius 2 is 1.83 bits per heavy atom. The zero-order chi connectivity index (χ0) is 13.5. The SMILES string of the molecule is CCC(O)CN(Cc1ccc(OC)cc1)C(C)C. The summed E-state index contributed by atoms with van der Waals surface area (Å²) in [5, 5.41) is 9.78. The van der Waals surface area contributed by atoms with Crippen molar-refractivity contribution in [2.24, 2.45) is 0 Å². The van der Waals surface area contributed by atoms with Crippen molar-refractivity contribution in [1.82, 2.24) is 4.90 Å². The molecule has 0 aliphatic heterocycles. The van der Waals surface area contributed by atoms with Gasteiger partial charge in [-0.1, -0.05) is 19.1 Å². The van der Waals surface area contributed by atoms with E-state index in [-0.39, 0.29) is 6.10 Å². The molecule has 1 rings (SSSR count). The molecular formula is C15H25NO2. The predicted octanol–water partition coefficient (Wildman–Crippen LogP) is 2.68.